The molecule has 0 bridgehead atoms. The van der Waals surface area contributed by atoms with Gasteiger partial charge >= 0.3 is 0 Å². The second-order valence-electron chi connectivity index (χ2n) is 4.80. The minimum absolute atomic E-state index is 0.778. The molecule has 0 atom stereocenters. The molecule has 0 aliphatic heterocycles. The van der Waals surface area contributed by atoms with Gasteiger partial charge in [-0.1, -0.05) is 12.1 Å². The lowest BCUT2D eigenvalue weighted by molar-refractivity contribution is 1.25. The average Bonchev–Trinajstić information content (AvgIpc) is 3.04. The number of benzene rings is 1. The van der Waals surface area contributed by atoms with Crippen LogP contribution in [0.5, 0.6) is 0 Å². The van der Waals surface area contributed by atoms with Crippen LogP contribution in [0, 0.1) is 0 Å². The number of nitrogens with zero attached hydrogens (tertiary/aromatic N) is 3. The van der Waals surface area contributed by atoms with Crippen molar-refractivity contribution >= 4 is 33.2 Å². The normalized spacial score (nSPS) is 10.7. The maximum absolute atomic E-state index is 4.35. The summed E-state index contributed by atoms with van der Waals surface area (Å²) in [6, 6.07) is 16.1. The molecular weight excluding hydrogens is 292 g/mol. The number of thiazole rings is 1. The molecule has 3 heterocycles. The highest BCUT2D eigenvalue weighted by Crippen LogP contribution is 2.27. The van der Waals surface area contributed by atoms with Crippen LogP contribution in [-0.2, 0) is 0 Å². The number of pyridine rings is 2. The van der Waals surface area contributed by atoms with Gasteiger partial charge in [-0.15, -0.1) is 11.3 Å². The van der Waals surface area contributed by atoms with E-state index in [4.69, 9.17) is 0 Å². The Hall–Kier alpha value is -2.79. The van der Waals surface area contributed by atoms with Crippen LogP contribution in [0.25, 0.3) is 21.3 Å². The number of nitrogens with one attached hydrogen (secondary N) is 1. The minimum atomic E-state index is 0.778. The van der Waals surface area contributed by atoms with Gasteiger partial charge in [-0.2, -0.15) is 0 Å². The Labute approximate surface area is 131 Å². The monoisotopic (exact) mass is 304 g/mol. The maximum Gasteiger partial charge on any atom is 0.132 e. The summed E-state index contributed by atoms with van der Waals surface area (Å²) in [6.45, 7) is 0. The first kappa shape index (κ1) is 12.9. The molecule has 1 N–H and O–H groups in total. The van der Waals surface area contributed by atoms with E-state index in [2.05, 4.69) is 32.4 Å². The van der Waals surface area contributed by atoms with Crippen LogP contribution in [0.15, 0.2) is 66.4 Å². The number of hydrogen-bond donors (Lipinski definition) is 1. The third-order valence-corrected chi connectivity index (χ3v) is 4.14. The fourth-order valence-corrected chi connectivity index (χ4v) is 3.00. The van der Waals surface area contributed by atoms with Crippen molar-refractivity contribution in [3.8, 4) is 11.1 Å². The second kappa shape index (κ2) is 5.54. The SMILES string of the molecule is c1ccc(Nc2cc(-c3ccc4ncsc4c3)ccn2)nc1. The van der Waals surface area contributed by atoms with Crippen LogP contribution >= 0.6 is 11.3 Å². The van der Waals surface area contributed by atoms with E-state index in [1.54, 1.807) is 23.7 Å². The lowest BCUT2D eigenvalue weighted by atomic mass is 10.1. The zero-order valence-electron chi connectivity index (χ0n) is 11.6. The standard InChI is InChI=1S/C17H12N4S/c1-2-7-18-16(3-1)21-17-10-13(6-8-19-17)12-4-5-14-15(9-12)22-11-20-14/h1-11H,(H,18,19,21). The largest absolute Gasteiger partial charge is 0.325 e. The Morgan fingerprint density at radius 2 is 1.68 bits per heavy atom. The van der Waals surface area contributed by atoms with E-state index in [0.717, 1.165) is 28.3 Å². The predicted octanol–water partition coefficient (Wildman–Crippen LogP) is 4.50. The van der Waals surface area contributed by atoms with Crippen molar-refractivity contribution in [1.29, 1.82) is 0 Å². The van der Waals surface area contributed by atoms with E-state index in [9.17, 15) is 0 Å². The molecule has 106 valence electrons. The fourth-order valence-electron chi connectivity index (χ4n) is 2.28. The van der Waals surface area contributed by atoms with Crippen molar-refractivity contribution in [3.63, 3.8) is 0 Å². The van der Waals surface area contributed by atoms with Gasteiger partial charge in [0.1, 0.15) is 11.6 Å². The highest BCUT2D eigenvalue weighted by atomic mass is 32.1. The predicted molar refractivity (Wildman–Crippen MR) is 90.4 cm³/mol. The summed E-state index contributed by atoms with van der Waals surface area (Å²) in [5.74, 6) is 1.56. The first-order valence-corrected chi connectivity index (χ1v) is 7.74. The van der Waals surface area contributed by atoms with Crippen molar-refractivity contribution in [2.75, 3.05) is 5.32 Å². The van der Waals surface area contributed by atoms with Gasteiger partial charge in [-0.05, 0) is 47.5 Å². The fraction of sp³-hybridized carbons (Fsp3) is 0. The van der Waals surface area contributed by atoms with Crippen LogP contribution in [0.4, 0.5) is 11.6 Å². The van der Waals surface area contributed by atoms with Crippen molar-refractivity contribution in [2.45, 2.75) is 0 Å². The lowest BCUT2D eigenvalue weighted by Gasteiger charge is -2.07. The van der Waals surface area contributed by atoms with Crippen LogP contribution in [-0.4, -0.2) is 15.0 Å². The molecule has 0 saturated carbocycles. The van der Waals surface area contributed by atoms with Crippen LogP contribution in [0.1, 0.15) is 0 Å². The van der Waals surface area contributed by atoms with Gasteiger partial charge in [-0.3, -0.25) is 0 Å². The average molecular weight is 304 g/mol. The Morgan fingerprint density at radius 1 is 0.773 bits per heavy atom. The third-order valence-electron chi connectivity index (χ3n) is 3.35. The summed E-state index contributed by atoms with van der Waals surface area (Å²) < 4.78 is 1.19. The van der Waals surface area contributed by atoms with Gasteiger partial charge in [0.15, 0.2) is 0 Å². The molecule has 0 amide bonds. The molecule has 0 aliphatic carbocycles. The smallest absolute Gasteiger partial charge is 0.132 e. The molecular formula is C17H12N4S. The molecule has 5 heteroatoms. The Kier molecular flexibility index (Phi) is 3.25. The van der Waals surface area contributed by atoms with Gasteiger partial charge in [0.2, 0.25) is 0 Å². The molecule has 4 rings (SSSR count). The molecule has 0 radical (unpaired) electrons. The van der Waals surface area contributed by atoms with Crippen LogP contribution < -0.4 is 5.32 Å². The van der Waals surface area contributed by atoms with E-state index >= 15 is 0 Å². The number of anilines is 2. The van der Waals surface area contributed by atoms with Gasteiger partial charge in [0, 0.05) is 12.4 Å². The van der Waals surface area contributed by atoms with Gasteiger partial charge in [0.25, 0.3) is 0 Å². The van der Waals surface area contributed by atoms with E-state index in [1.807, 2.05) is 41.9 Å². The summed E-state index contributed by atoms with van der Waals surface area (Å²) in [7, 11) is 0. The molecule has 22 heavy (non-hydrogen) atoms. The summed E-state index contributed by atoms with van der Waals surface area (Å²) in [5, 5.41) is 3.21. The summed E-state index contributed by atoms with van der Waals surface area (Å²) in [4.78, 5) is 12.9. The molecule has 1 aromatic carbocycles. The van der Waals surface area contributed by atoms with Crippen molar-refractivity contribution in [2.24, 2.45) is 0 Å². The van der Waals surface area contributed by atoms with E-state index in [1.165, 1.54) is 4.70 Å². The Balaban J connectivity index is 1.69. The van der Waals surface area contributed by atoms with Crippen LogP contribution in [0.3, 0.4) is 0 Å². The lowest BCUT2D eigenvalue weighted by Crippen LogP contribution is -1.95. The first-order valence-electron chi connectivity index (χ1n) is 6.86. The molecule has 3 aromatic heterocycles. The van der Waals surface area contributed by atoms with Crippen LogP contribution in [0.2, 0.25) is 0 Å². The van der Waals surface area contributed by atoms with Gasteiger partial charge in [-0.25, -0.2) is 15.0 Å². The molecule has 4 nitrogen and oxygen atoms in total. The zero-order valence-corrected chi connectivity index (χ0v) is 12.4. The Morgan fingerprint density at radius 3 is 2.59 bits per heavy atom. The van der Waals surface area contributed by atoms with E-state index in [-0.39, 0.29) is 0 Å². The molecule has 0 aliphatic rings. The van der Waals surface area contributed by atoms with Crippen molar-refractivity contribution < 1.29 is 0 Å². The van der Waals surface area contributed by atoms with Crippen molar-refractivity contribution in [3.05, 3.63) is 66.4 Å². The highest BCUT2D eigenvalue weighted by molar-refractivity contribution is 7.16. The van der Waals surface area contributed by atoms with Gasteiger partial charge in [0.05, 0.1) is 15.7 Å². The van der Waals surface area contributed by atoms with E-state index < -0.39 is 0 Å². The number of aromatic nitrogens is 3. The summed E-state index contributed by atoms with van der Waals surface area (Å²) in [6.07, 6.45) is 3.56. The number of rotatable bonds is 3. The quantitative estimate of drug-likeness (QED) is 0.605. The second-order valence-corrected chi connectivity index (χ2v) is 5.69. The maximum atomic E-state index is 4.35. The summed E-state index contributed by atoms with van der Waals surface area (Å²) in [5.41, 5.74) is 5.18. The molecule has 0 fully saturated rings. The number of hydrogen-bond acceptors (Lipinski definition) is 5. The summed E-state index contributed by atoms with van der Waals surface area (Å²) >= 11 is 1.65. The first-order chi connectivity index (χ1) is 10.9. The topological polar surface area (TPSA) is 50.7 Å². The Bertz CT molecular complexity index is 918. The highest BCUT2D eigenvalue weighted by Gasteiger charge is 2.04. The van der Waals surface area contributed by atoms with E-state index in [0.29, 0.717) is 0 Å². The minimum Gasteiger partial charge on any atom is -0.325 e. The number of fused-ring (bicyclic) bond motifs is 1. The zero-order chi connectivity index (χ0) is 14.8. The molecule has 0 saturated heterocycles. The van der Waals surface area contributed by atoms with Crippen molar-refractivity contribution in [1.82, 2.24) is 15.0 Å². The molecule has 4 aromatic rings. The molecule has 0 unspecified atom stereocenters. The molecule has 0 spiro atoms. The van der Waals surface area contributed by atoms with Gasteiger partial charge < -0.3 is 5.32 Å². The third kappa shape index (κ3) is 2.54.